The molecular formula is C15H23N3O. The summed E-state index contributed by atoms with van der Waals surface area (Å²) in [6.45, 7) is 6.41. The number of carbonyl (C=O) groups excluding carboxylic acids is 1. The van der Waals surface area contributed by atoms with Crippen molar-refractivity contribution in [1.29, 1.82) is 0 Å². The molecule has 19 heavy (non-hydrogen) atoms. The highest BCUT2D eigenvalue weighted by Gasteiger charge is 2.29. The van der Waals surface area contributed by atoms with Crippen molar-refractivity contribution in [2.24, 2.45) is 5.73 Å². The Labute approximate surface area is 115 Å². The van der Waals surface area contributed by atoms with E-state index in [0.717, 1.165) is 24.2 Å². The molecule has 0 bridgehead atoms. The van der Waals surface area contributed by atoms with E-state index in [0.29, 0.717) is 18.6 Å². The van der Waals surface area contributed by atoms with Crippen LogP contribution in [0.1, 0.15) is 29.8 Å². The van der Waals surface area contributed by atoms with Crippen molar-refractivity contribution >= 4 is 5.91 Å². The van der Waals surface area contributed by atoms with Gasteiger partial charge in [-0.25, -0.2) is 0 Å². The number of hydrogen-bond acceptors (Lipinski definition) is 3. The van der Waals surface area contributed by atoms with Crippen molar-refractivity contribution < 1.29 is 4.79 Å². The fraction of sp³-hybridized carbons (Fsp3) is 0.533. The number of likely N-dealkylation sites (N-methyl/N-ethyl adjacent to an activating group) is 1. The normalized spacial score (nSPS) is 24.5. The molecule has 1 aromatic rings. The van der Waals surface area contributed by atoms with E-state index in [1.807, 2.05) is 29.2 Å². The van der Waals surface area contributed by atoms with Crippen LogP contribution in [0.5, 0.6) is 0 Å². The third kappa shape index (κ3) is 2.96. The first kappa shape index (κ1) is 14.0. The Morgan fingerprint density at radius 3 is 2.21 bits per heavy atom. The Bertz CT molecular complexity index is 431. The van der Waals surface area contributed by atoms with Crippen LogP contribution in [0.15, 0.2) is 24.3 Å². The molecule has 1 aliphatic heterocycles. The van der Waals surface area contributed by atoms with Gasteiger partial charge in [-0.3, -0.25) is 9.69 Å². The lowest BCUT2D eigenvalue weighted by Gasteiger charge is -2.42. The minimum atomic E-state index is 0.121. The number of amides is 1. The molecule has 0 radical (unpaired) electrons. The second-order valence-corrected chi connectivity index (χ2v) is 5.47. The van der Waals surface area contributed by atoms with Crippen LogP contribution in [0.4, 0.5) is 0 Å². The molecule has 1 saturated heterocycles. The third-order valence-corrected chi connectivity index (χ3v) is 4.08. The van der Waals surface area contributed by atoms with Gasteiger partial charge in [-0.15, -0.1) is 0 Å². The average molecular weight is 261 g/mol. The molecule has 2 atom stereocenters. The Morgan fingerprint density at radius 1 is 1.21 bits per heavy atom. The van der Waals surface area contributed by atoms with Crippen molar-refractivity contribution in [3.63, 3.8) is 0 Å². The number of carbonyl (C=O) groups is 1. The van der Waals surface area contributed by atoms with Crippen LogP contribution < -0.4 is 5.73 Å². The minimum absolute atomic E-state index is 0.121. The maximum atomic E-state index is 12.5. The van der Waals surface area contributed by atoms with Crippen molar-refractivity contribution in [2.45, 2.75) is 32.5 Å². The highest BCUT2D eigenvalue weighted by Crippen LogP contribution is 2.16. The summed E-state index contributed by atoms with van der Waals surface area (Å²) in [5.41, 5.74) is 7.37. The van der Waals surface area contributed by atoms with E-state index < -0.39 is 0 Å². The zero-order valence-corrected chi connectivity index (χ0v) is 12.0. The Balaban J connectivity index is 2.10. The van der Waals surface area contributed by atoms with Gasteiger partial charge in [0.1, 0.15) is 0 Å². The van der Waals surface area contributed by atoms with Gasteiger partial charge in [0.15, 0.2) is 0 Å². The molecule has 0 aromatic heterocycles. The SMILES string of the molecule is CC1CN(C(=O)c2ccc(CN)cc2)CC(C)N1C. The largest absolute Gasteiger partial charge is 0.336 e. The van der Waals surface area contributed by atoms with Gasteiger partial charge in [0.25, 0.3) is 5.91 Å². The first-order chi connectivity index (χ1) is 9.02. The Morgan fingerprint density at radius 2 is 1.74 bits per heavy atom. The van der Waals surface area contributed by atoms with Crippen LogP contribution in [-0.4, -0.2) is 47.9 Å². The van der Waals surface area contributed by atoms with E-state index >= 15 is 0 Å². The summed E-state index contributed by atoms with van der Waals surface area (Å²) >= 11 is 0. The van der Waals surface area contributed by atoms with Crippen LogP contribution in [0.3, 0.4) is 0 Å². The highest BCUT2D eigenvalue weighted by molar-refractivity contribution is 5.94. The fourth-order valence-electron chi connectivity index (χ4n) is 2.54. The molecule has 2 N–H and O–H groups in total. The van der Waals surface area contributed by atoms with Crippen LogP contribution in [0.25, 0.3) is 0 Å². The molecule has 2 rings (SSSR count). The van der Waals surface area contributed by atoms with Crippen LogP contribution in [-0.2, 0) is 6.54 Å². The van der Waals surface area contributed by atoms with Crippen LogP contribution >= 0.6 is 0 Å². The summed E-state index contributed by atoms with van der Waals surface area (Å²) in [7, 11) is 2.12. The molecule has 0 saturated carbocycles. The smallest absolute Gasteiger partial charge is 0.253 e. The number of nitrogens with zero attached hydrogens (tertiary/aromatic N) is 2. The summed E-state index contributed by atoms with van der Waals surface area (Å²) in [5.74, 6) is 0.121. The predicted octanol–water partition coefficient (Wildman–Crippen LogP) is 1.31. The van der Waals surface area contributed by atoms with Crippen LogP contribution in [0, 0.1) is 0 Å². The lowest BCUT2D eigenvalue weighted by Crippen LogP contribution is -2.56. The van der Waals surface area contributed by atoms with Gasteiger partial charge in [-0.2, -0.15) is 0 Å². The summed E-state index contributed by atoms with van der Waals surface area (Å²) < 4.78 is 0. The molecule has 1 amide bonds. The van der Waals surface area contributed by atoms with Gasteiger partial charge in [0.2, 0.25) is 0 Å². The maximum Gasteiger partial charge on any atom is 0.253 e. The van der Waals surface area contributed by atoms with Crippen molar-refractivity contribution in [1.82, 2.24) is 9.80 Å². The number of benzene rings is 1. The number of nitrogens with two attached hydrogens (primary N) is 1. The molecule has 1 heterocycles. The molecule has 2 unspecified atom stereocenters. The molecule has 104 valence electrons. The summed E-state index contributed by atoms with van der Waals surface area (Å²) in [5, 5.41) is 0. The molecule has 0 spiro atoms. The molecule has 0 aliphatic carbocycles. The van der Waals surface area contributed by atoms with Crippen molar-refractivity contribution in [3.05, 3.63) is 35.4 Å². The van der Waals surface area contributed by atoms with E-state index in [2.05, 4.69) is 25.8 Å². The van der Waals surface area contributed by atoms with Gasteiger partial charge in [-0.05, 0) is 38.6 Å². The average Bonchev–Trinajstić information content (AvgIpc) is 2.43. The second-order valence-electron chi connectivity index (χ2n) is 5.47. The van der Waals surface area contributed by atoms with Gasteiger partial charge >= 0.3 is 0 Å². The standard InChI is InChI=1S/C15H23N3O/c1-11-9-18(10-12(2)17(11)3)15(19)14-6-4-13(8-16)5-7-14/h4-7,11-12H,8-10,16H2,1-3H3. The first-order valence-electron chi connectivity index (χ1n) is 6.83. The molecule has 1 aliphatic rings. The lowest BCUT2D eigenvalue weighted by atomic mass is 10.1. The summed E-state index contributed by atoms with van der Waals surface area (Å²) in [6.07, 6.45) is 0. The monoisotopic (exact) mass is 261 g/mol. The second kappa shape index (κ2) is 5.72. The number of piperazine rings is 1. The lowest BCUT2D eigenvalue weighted by molar-refractivity contribution is 0.0414. The highest BCUT2D eigenvalue weighted by atomic mass is 16.2. The van der Waals surface area contributed by atoms with E-state index in [9.17, 15) is 4.79 Å². The minimum Gasteiger partial charge on any atom is -0.336 e. The zero-order valence-electron chi connectivity index (χ0n) is 12.0. The van der Waals surface area contributed by atoms with Crippen molar-refractivity contribution in [2.75, 3.05) is 20.1 Å². The van der Waals surface area contributed by atoms with Gasteiger partial charge in [0.05, 0.1) is 0 Å². The third-order valence-electron chi connectivity index (χ3n) is 4.08. The number of rotatable bonds is 2. The zero-order chi connectivity index (χ0) is 14.0. The Kier molecular flexibility index (Phi) is 4.22. The van der Waals surface area contributed by atoms with E-state index in [4.69, 9.17) is 5.73 Å². The molecular weight excluding hydrogens is 238 g/mol. The predicted molar refractivity (Wildman–Crippen MR) is 76.9 cm³/mol. The van der Waals surface area contributed by atoms with Crippen molar-refractivity contribution in [3.8, 4) is 0 Å². The molecule has 4 heteroatoms. The molecule has 1 aromatic carbocycles. The maximum absolute atomic E-state index is 12.5. The van der Waals surface area contributed by atoms with Gasteiger partial charge in [0, 0.05) is 37.3 Å². The number of hydrogen-bond donors (Lipinski definition) is 1. The van der Waals surface area contributed by atoms with Gasteiger partial charge in [-0.1, -0.05) is 12.1 Å². The van der Waals surface area contributed by atoms with E-state index in [1.165, 1.54) is 0 Å². The Hall–Kier alpha value is -1.39. The van der Waals surface area contributed by atoms with Crippen LogP contribution in [0.2, 0.25) is 0 Å². The van der Waals surface area contributed by atoms with E-state index in [-0.39, 0.29) is 5.91 Å². The molecule has 1 fully saturated rings. The summed E-state index contributed by atoms with van der Waals surface area (Å²) in [6, 6.07) is 8.40. The van der Waals surface area contributed by atoms with E-state index in [1.54, 1.807) is 0 Å². The quantitative estimate of drug-likeness (QED) is 0.873. The fourth-order valence-corrected chi connectivity index (χ4v) is 2.54. The molecule has 4 nitrogen and oxygen atoms in total. The summed E-state index contributed by atoms with van der Waals surface area (Å²) in [4.78, 5) is 16.7. The topological polar surface area (TPSA) is 49.6 Å². The first-order valence-corrected chi connectivity index (χ1v) is 6.83. The van der Waals surface area contributed by atoms with Gasteiger partial charge < -0.3 is 10.6 Å².